The van der Waals surface area contributed by atoms with Crippen molar-refractivity contribution in [1.82, 2.24) is 0 Å². The van der Waals surface area contributed by atoms with Gasteiger partial charge in [-0.3, -0.25) is 0 Å². The third kappa shape index (κ3) is 1.63. The molecule has 2 atom stereocenters. The molecule has 0 radical (unpaired) electrons. The van der Waals surface area contributed by atoms with Gasteiger partial charge in [0.05, 0.1) is 6.61 Å². The van der Waals surface area contributed by atoms with Crippen LogP contribution in [0.1, 0.15) is 18.6 Å². The molecule has 3 heteroatoms. The predicted octanol–water partition coefficient (Wildman–Crippen LogP) is 1.54. The summed E-state index contributed by atoms with van der Waals surface area (Å²) in [7, 11) is 0. The lowest BCUT2D eigenvalue weighted by Crippen LogP contribution is -2.17. The van der Waals surface area contributed by atoms with Crippen LogP contribution in [0, 0.1) is 0 Å². The largest absolute Gasteiger partial charge is 0.471 e. The fraction of sp³-hybridized carbons (Fsp3) is 0.364. The number of nitrogens with zero attached hydrogens (tertiary/aromatic N) is 1. The van der Waals surface area contributed by atoms with Crippen LogP contribution in [0.5, 0.6) is 0 Å². The number of aliphatic hydroxyl groups is 1. The molecule has 1 aromatic rings. The molecule has 1 heterocycles. The van der Waals surface area contributed by atoms with Crippen LogP contribution < -0.4 is 0 Å². The van der Waals surface area contributed by atoms with Crippen LogP contribution in [0.3, 0.4) is 0 Å². The number of benzene rings is 1. The summed E-state index contributed by atoms with van der Waals surface area (Å²) in [5.74, 6) is 0.651. The summed E-state index contributed by atoms with van der Waals surface area (Å²) in [4.78, 5) is 4.21. The van der Waals surface area contributed by atoms with Crippen molar-refractivity contribution in [2.24, 2.45) is 4.99 Å². The molecule has 0 spiro atoms. The van der Waals surface area contributed by atoms with Gasteiger partial charge < -0.3 is 9.84 Å². The zero-order chi connectivity index (χ0) is 9.97. The summed E-state index contributed by atoms with van der Waals surface area (Å²) in [6, 6.07) is 9.70. The zero-order valence-electron chi connectivity index (χ0n) is 8.05. The number of hydrogen-bond donors (Lipinski definition) is 1. The molecule has 0 aromatic heterocycles. The highest BCUT2D eigenvalue weighted by atomic mass is 16.5. The second-order valence-corrected chi connectivity index (χ2v) is 3.35. The maximum atomic E-state index is 9.13. The van der Waals surface area contributed by atoms with Gasteiger partial charge in [-0.15, -0.1) is 0 Å². The van der Waals surface area contributed by atoms with Crippen molar-refractivity contribution in [3.05, 3.63) is 35.9 Å². The van der Waals surface area contributed by atoms with E-state index in [9.17, 15) is 0 Å². The Morgan fingerprint density at radius 1 is 1.36 bits per heavy atom. The fourth-order valence-corrected chi connectivity index (χ4v) is 1.66. The second kappa shape index (κ2) is 3.80. The minimum absolute atomic E-state index is 0.0247. The van der Waals surface area contributed by atoms with Crippen LogP contribution in [0.2, 0.25) is 0 Å². The van der Waals surface area contributed by atoms with E-state index in [-0.39, 0.29) is 18.8 Å². The van der Waals surface area contributed by atoms with E-state index >= 15 is 0 Å². The average Bonchev–Trinajstić information content (AvgIpc) is 2.61. The van der Waals surface area contributed by atoms with Crippen LogP contribution in [0.25, 0.3) is 0 Å². The lowest BCUT2D eigenvalue weighted by atomic mass is 10.0. The van der Waals surface area contributed by atoms with Gasteiger partial charge in [0.1, 0.15) is 12.1 Å². The summed E-state index contributed by atoms with van der Waals surface area (Å²) in [6.07, 6.45) is -0.124. The molecule has 0 fully saturated rings. The maximum absolute atomic E-state index is 9.13. The van der Waals surface area contributed by atoms with Gasteiger partial charge in [0.15, 0.2) is 5.90 Å². The lowest BCUT2D eigenvalue weighted by molar-refractivity contribution is 0.150. The first-order valence-corrected chi connectivity index (χ1v) is 4.68. The third-order valence-electron chi connectivity index (χ3n) is 2.31. The van der Waals surface area contributed by atoms with Gasteiger partial charge >= 0.3 is 0 Å². The van der Waals surface area contributed by atoms with Gasteiger partial charge in [-0.1, -0.05) is 30.3 Å². The van der Waals surface area contributed by atoms with Crippen LogP contribution in [0.4, 0.5) is 0 Å². The normalized spacial score (nSPS) is 25.7. The minimum atomic E-state index is -0.155. The molecule has 1 N–H and O–H groups in total. The predicted molar refractivity (Wildman–Crippen MR) is 54.3 cm³/mol. The highest BCUT2D eigenvalue weighted by Crippen LogP contribution is 2.28. The number of aliphatic imine (C=N–C) groups is 1. The average molecular weight is 191 g/mol. The van der Waals surface area contributed by atoms with Crippen LogP contribution in [-0.2, 0) is 4.74 Å². The fourth-order valence-electron chi connectivity index (χ4n) is 1.66. The maximum Gasteiger partial charge on any atom is 0.181 e. The van der Waals surface area contributed by atoms with Gasteiger partial charge in [0.2, 0.25) is 0 Å². The Hall–Kier alpha value is -1.35. The van der Waals surface area contributed by atoms with Gasteiger partial charge in [-0.2, -0.15) is 0 Å². The van der Waals surface area contributed by atoms with E-state index < -0.39 is 0 Å². The third-order valence-corrected chi connectivity index (χ3v) is 2.31. The number of ether oxygens (including phenoxy) is 1. The van der Waals surface area contributed by atoms with Gasteiger partial charge in [0, 0.05) is 6.92 Å². The number of aliphatic hydroxyl groups excluding tert-OH is 1. The molecule has 0 aliphatic carbocycles. The first-order chi connectivity index (χ1) is 6.81. The quantitative estimate of drug-likeness (QED) is 0.770. The van der Waals surface area contributed by atoms with E-state index in [0.717, 1.165) is 5.56 Å². The van der Waals surface area contributed by atoms with E-state index in [1.807, 2.05) is 37.3 Å². The molecule has 0 amide bonds. The van der Waals surface area contributed by atoms with Crippen molar-refractivity contribution < 1.29 is 9.84 Å². The van der Waals surface area contributed by atoms with Crippen molar-refractivity contribution in [2.75, 3.05) is 6.61 Å². The molecule has 3 nitrogen and oxygen atoms in total. The molecule has 0 unspecified atom stereocenters. The van der Waals surface area contributed by atoms with Crippen molar-refractivity contribution in [3.63, 3.8) is 0 Å². The van der Waals surface area contributed by atoms with Crippen molar-refractivity contribution >= 4 is 5.90 Å². The molecule has 1 aromatic carbocycles. The van der Waals surface area contributed by atoms with E-state index in [2.05, 4.69) is 4.99 Å². The van der Waals surface area contributed by atoms with Crippen molar-refractivity contribution in [1.29, 1.82) is 0 Å². The lowest BCUT2D eigenvalue weighted by Gasteiger charge is -2.15. The Morgan fingerprint density at radius 3 is 2.71 bits per heavy atom. The summed E-state index contributed by atoms with van der Waals surface area (Å²) in [6.45, 7) is 1.84. The molecule has 0 saturated heterocycles. The molecule has 0 saturated carbocycles. The van der Waals surface area contributed by atoms with E-state index in [0.29, 0.717) is 5.90 Å². The van der Waals surface area contributed by atoms with Crippen molar-refractivity contribution in [3.8, 4) is 0 Å². The Labute approximate surface area is 83.1 Å². The number of hydrogen-bond acceptors (Lipinski definition) is 3. The van der Waals surface area contributed by atoms with Gasteiger partial charge in [-0.25, -0.2) is 4.99 Å². The van der Waals surface area contributed by atoms with Crippen LogP contribution in [0.15, 0.2) is 35.3 Å². The Morgan fingerprint density at radius 2 is 2.07 bits per heavy atom. The first-order valence-electron chi connectivity index (χ1n) is 4.68. The van der Waals surface area contributed by atoms with E-state index in [4.69, 9.17) is 9.84 Å². The Balaban J connectivity index is 2.21. The minimum Gasteiger partial charge on any atom is -0.471 e. The Kier molecular flexibility index (Phi) is 2.50. The topological polar surface area (TPSA) is 41.8 Å². The summed E-state index contributed by atoms with van der Waals surface area (Å²) in [5.41, 5.74) is 1.06. The first kappa shape index (κ1) is 9.21. The molecule has 0 bridgehead atoms. The monoisotopic (exact) mass is 191 g/mol. The molecule has 1 aliphatic heterocycles. The standard InChI is InChI=1S/C11H13NO2/c1-8-12-10(7-13)11(14-8)9-5-3-2-4-6-9/h2-6,10-11,13H,7H2,1H3/t10-,11+/m0/s1. The SMILES string of the molecule is CC1=N[C@@H](CO)[C@@H](c2ccccc2)O1. The molecule has 74 valence electrons. The smallest absolute Gasteiger partial charge is 0.181 e. The van der Waals surface area contributed by atoms with Crippen LogP contribution >= 0.6 is 0 Å². The summed E-state index contributed by atoms with van der Waals surface area (Å²) >= 11 is 0. The molecule has 14 heavy (non-hydrogen) atoms. The van der Waals surface area contributed by atoms with Gasteiger partial charge in [0.25, 0.3) is 0 Å². The second-order valence-electron chi connectivity index (χ2n) is 3.35. The van der Waals surface area contributed by atoms with Crippen LogP contribution in [-0.4, -0.2) is 23.7 Å². The molecule has 1 aliphatic rings. The van der Waals surface area contributed by atoms with E-state index in [1.54, 1.807) is 0 Å². The van der Waals surface area contributed by atoms with Gasteiger partial charge in [-0.05, 0) is 5.56 Å². The highest BCUT2D eigenvalue weighted by Gasteiger charge is 2.29. The van der Waals surface area contributed by atoms with E-state index in [1.165, 1.54) is 0 Å². The zero-order valence-corrected chi connectivity index (χ0v) is 8.05. The summed E-state index contributed by atoms with van der Waals surface area (Å²) in [5, 5.41) is 9.13. The number of rotatable bonds is 2. The summed E-state index contributed by atoms with van der Waals surface area (Å²) < 4.78 is 5.54. The molecular weight excluding hydrogens is 178 g/mol. The van der Waals surface area contributed by atoms with Crippen molar-refractivity contribution in [2.45, 2.75) is 19.1 Å². The molecule has 2 rings (SSSR count). The highest BCUT2D eigenvalue weighted by molar-refractivity contribution is 5.75. The molecular formula is C11H13NO2. The Bertz CT molecular complexity index is 334.